The van der Waals surface area contributed by atoms with Crippen molar-refractivity contribution in [1.82, 2.24) is 0 Å². The van der Waals surface area contributed by atoms with Crippen LogP contribution in [-0.4, -0.2) is 26.0 Å². The molecule has 0 radical (unpaired) electrons. The molecular formula is C15H19N3O. The summed E-state index contributed by atoms with van der Waals surface area (Å²) in [6, 6.07) is 7.68. The highest BCUT2D eigenvalue weighted by Crippen LogP contribution is 2.33. The second-order valence-corrected chi connectivity index (χ2v) is 4.90. The van der Waals surface area contributed by atoms with E-state index in [9.17, 15) is 4.79 Å². The molecule has 1 aromatic rings. The third-order valence-electron chi connectivity index (χ3n) is 3.54. The Kier molecular flexibility index (Phi) is 4.06. The van der Waals surface area contributed by atoms with Crippen LogP contribution in [0, 0.1) is 11.3 Å². The van der Waals surface area contributed by atoms with Gasteiger partial charge in [-0.25, -0.2) is 0 Å². The standard InChI is InChI=1S/C15H19N3O/c1-3-4-5-8-18-11-15(19)17(2)14-9-12(10-16)6-7-13(14)18/h6-7,9H,3-5,8,11H2,1-2H3. The molecule has 100 valence electrons. The monoisotopic (exact) mass is 257 g/mol. The topological polar surface area (TPSA) is 47.3 Å². The fraction of sp³-hybridized carbons (Fsp3) is 0.467. The molecule has 4 nitrogen and oxygen atoms in total. The smallest absolute Gasteiger partial charge is 0.246 e. The number of fused-ring (bicyclic) bond motifs is 1. The highest BCUT2D eigenvalue weighted by atomic mass is 16.2. The summed E-state index contributed by atoms with van der Waals surface area (Å²) in [5.74, 6) is 0.0825. The van der Waals surface area contributed by atoms with Gasteiger partial charge in [-0.15, -0.1) is 0 Å². The Labute approximate surface area is 114 Å². The number of benzene rings is 1. The summed E-state index contributed by atoms with van der Waals surface area (Å²) in [7, 11) is 1.77. The molecule has 1 aromatic carbocycles. The average molecular weight is 257 g/mol. The zero-order valence-corrected chi connectivity index (χ0v) is 11.5. The van der Waals surface area contributed by atoms with Crippen LogP contribution in [-0.2, 0) is 4.79 Å². The first-order chi connectivity index (χ1) is 9.17. The Bertz CT molecular complexity index is 519. The largest absolute Gasteiger partial charge is 0.361 e. The number of anilines is 2. The summed E-state index contributed by atoms with van der Waals surface area (Å²) in [4.78, 5) is 15.8. The van der Waals surface area contributed by atoms with Crippen molar-refractivity contribution in [3.63, 3.8) is 0 Å². The quantitative estimate of drug-likeness (QED) is 0.779. The summed E-state index contributed by atoms with van der Waals surface area (Å²) < 4.78 is 0. The Morgan fingerprint density at radius 1 is 1.32 bits per heavy atom. The van der Waals surface area contributed by atoms with E-state index in [1.54, 1.807) is 18.0 Å². The van der Waals surface area contributed by atoms with Gasteiger partial charge in [0.15, 0.2) is 0 Å². The van der Waals surface area contributed by atoms with Crippen LogP contribution in [0.4, 0.5) is 11.4 Å². The predicted octanol–water partition coefficient (Wildman–Crippen LogP) is 2.53. The van der Waals surface area contributed by atoms with Crippen LogP contribution in [0.5, 0.6) is 0 Å². The Morgan fingerprint density at radius 2 is 2.11 bits per heavy atom. The fourth-order valence-electron chi connectivity index (χ4n) is 2.37. The zero-order valence-electron chi connectivity index (χ0n) is 11.5. The molecule has 4 heteroatoms. The van der Waals surface area contributed by atoms with Crippen LogP contribution in [0.2, 0.25) is 0 Å². The van der Waals surface area contributed by atoms with Crippen molar-refractivity contribution in [2.45, 2.75) is 26.2 Å². The van der Waals surface area contributed by atoms with Gasteiger partial charge in [0.1, 0.15) is 0 Å². The van der Waals surface area contributed by atoms with Gasteiger partial charge in [0.25, 0.3) is 0 Å². The highest BCUT2D eigenvalue weighted by Gasteiger charge is 2.26. The molecule has 0 unspecified atom stereocenters. The number of unbranched alkanes of at least 4 members (excludes halogenated alkanes) is 2. The zero-order chi connectivity index (χ0) is 13.8. The van der Waals surface area contributed by atoms with Gasteiger partial charge in [0.2, 0.25) is 5.91 Å². The predicted molar refractivity (Wildman–Crippen MR) is 76.3 cm³/mol. The van der Waals surface area contributed by atoms with E-state index in [0.29, 0.717) is 12.1 Å². The summed E-state index contributed by atoms with van der Waals surface area (Å²) >= 11 is 0. The first kappa shape index (κ1) is 13.4. The number of nitrogens with zero attached hydrogens (tertiary/aromatic N) is 3. The highest BCUT2D eigenvalue weighted by molar-refractivity contribution is 6.03. The Hall–Kier alpha value is -2.02. The van der Waals surface area contributed by atoms with Gasteiger partial charge in [-0.2, -0.15) is 5.26 Å². The number of hydrogen-bond acceptors (Lipinski definition) is 3. The van der Waals surface area contributed by atoms with E-state index in [1.807, 2.05) is 12.1 Å². The van der Waals surface area contributed by atoms with Crippen molar-refractivity contribution < 1.29 is 4.79 Å². The lowest BCUT2D eigenvalue weighted by molar-refractivity contribution is -0.117. The van der Waals surface area contributed by atoms with Crippen LogP contribution < -0.4 is 9.80 Å². The number of amides is 1. The van der Waals surface area contributed by atoms with Gasteiger partial charge in [0, 0.05) is 13.6 Å². The van der Waals surface area contributed by atoms with Gasteiger partial charge in [-0.3, -0.25) is 4.79 Å². The molecule has 1 amide bonds. The van der Waals surface area contributed by atoms with Crippen molar-refractivity contribution in [1.29, 1.82) is 5.26 Å². The van der Waals surface area contributed by atoms with Gasteiger partial charge >= 0.3 is 0 Å². The summed E-state index contributed by atoms with van der Waals surface area (Å²) in [6.07, 6.45) is 3.43. The van der Waals surface area contributed by atoms with E-state index in [2.05, 4.69) is 17.9 Å². The van der Waals surface area contributed by atoms with Crippen LogP contribution in [0.3, 0.4) is 0 Å². The van der Waals surface area contributed by atoms with E-state index in [1.165, 1.54) is 12.8 Å². The molecule has 0 bridgehead atoms. The minimum atomic E-state index is 0.0825. The first-order valence-electron chi connectivity index (χ1n) is 6.73. The number of carbonyl (C=O) groups is 1. The minimum Gasteiger partial charge on any atom is -0.361 e. The van der Waals surface area contributed by atoms with Crippen LogP contribution in [0.25, 0.3) is 0 Å². The molecule has 1 aliphatic rings. The van der Waals surface area contributed by atoms with Crippen molar-refractivity contribution >= 4 is 17.3 Å². The number of carbonyl (C=O) groups excluding carboxylic acids is 1. The number of hydrogen-bond donors (Lipinski definition) is 0. The van der Waals surface area contributed by atoms with Gasteiger partial charge in [0.05, 0.1) is 29.6 Å². The maximum atomic E-state index is 12.0. The lowest BCUT2D eigenvalue weighted by Gasteiger charge is -2.35. The Morgan fingerprint density at radius 3 is 2.79 bits per heavy atom. The number of likely N-dealkylation sites (N-methyl/N-ethyl adjacent to an activating group) is 1. The summed E-state index contributed by atoms with van der Waals surface area (Å²) in [6.45, 7) is 3.49. The minimum absolute atomic E-state index is 0.0825. The fourth-order valence-corrected chi connectivity index (χ4v) is 2.37. The average Bonchev–Trinajstić information content (AvgIpc) is 2.44. The lowest BCUT2D eigenvalue weighted by atomic mass is 10.1. The van der Waals surface area contributed by atoms with Crippen LogP contribution in [0.15, 0.2) is 18.2 Å². The molecule has 1 heterocycles. The molecule has 0 spiro atoms. The van der Waals surface area contributed by atoms with Crippen molar-refractivity contribution in [3.05, 3.63) is 23.8 Å². The molecule has 0 saturated heterocycles. The molecule has 2 rings (SSSR count). The molecule has 1 aliphatic heterocycles. The lowest BCUT2D eigenvalue weighted by Crippen LogP contribution is -2.44. The second kappa shape index (κ2) is 5.75. The van der Waals surface area contributed by atoms with Crippen LogP contribution >= 0.6 is 0 Å². The number of nitriles is 1. The molecule has 0 saturated carbocycles. The molecule has 0 aliphatic carbocycles. The molecule has 0 N–H and O–H groups in total. The van der Waals surface area contributed by atoms with E-state index in [0.717, 1.165) is 24.3 Å². The maximum Gasteiger partial charge on any atom is 0.246 e. The van der Waals surface area contributed by atoms with Crippen molar-refractivity contribution in [2.24, 2.45) is 0 Å². The third kappa shape index (κ3) is 2.70. The van der Waals surface area contributed by atoms with Crippen LogP contribution in [0.1, 0.15) is 31.7 Å². The molecular weight excluding hydrogens is 238 g/mol. The van der Waals surface area contributed by atoms with E-state index in [-0.39, 0.29) is 5.91 Å². The normalized spacial score (nSPS) is 14.3. The molecule has 0 atom stereocenters. The van der Waals surface area contributed by atoms with Crippen molar-refractivity contribution in [2.75, 3.05) is 29.9 Å². The first-order valence-corrected chi connectivity index (χ1v) is 6.73. The van der Waals surface area contributed by atoms with Gasteiger partial charge < -0.3 is 9.80 Å². The molecule has 19 heavy (non-hydrogen) atoms. The van der Waals surface area contributed by atoms with Crippen molar-refractivity contribution in [3.8, 4) is 6.07 Å². The molecule has 0 aromatic heterocycles. The van der Waals surface area contributed by atoms with E-state index < -0.39 is 0 Å². The van der Waals surface area contributed by atoms with Gasteiger partial charge in [-0.05, 0) is 24.6 Å². The van der Waals surface area contributed by atoms with Gasteiger partial charge in [-0.1, -0.05) is 19.8 Å². The SMILES string of the molecule is CCCCCN1CC(=O)N(C)c2cc(C#N)ccc21. The number of rotatable bonds is 4. The summed E-state index contributed by atoms with van der Waals surface area (Å²) in [5, 5.41) is 8.96. The molecule has 0 fully saturated rings. The van der Waals surface area contributed by atoms with E-state index >= 15 is 0 Å². The second-order valence-electron chi connectivity index (χ2n) is 4.90. The summed E-state index contributed by atoms with van der Waals surface area (Å²) in [5.41, 5.74) is 2.48. The Balaban J connectivity index is 2.29. The van der Waals surface area contributed by atoms with E-state index in [4.69, 9.17) is 5.26 Å². The maximum absolute atomic E-state index is 12.0. The third-order valence-corrected chi connectivity index (χ3v) is 3.54.